The van der Waals surface area contributed by atoms with E-state index >= 15 is 0 Å². The highest BCUT2D eigenvalue weighted by Gasteiger charge is 2.39. The number of carbonyl (C=O) groups is 2. The zero-order chi connectivity index (χ0) is 14.1. The van der Waals surface area contributed by atoms with Gasteiger partial charge in [-0.1, -0.05) is 0 Å². The highest BCUT2D eigenvalue weighted by Crippen LogP contribution is 2.21. The molecular weight excluding hydrogens is 259 g/mol. The second kappa shape index (κ2) is 4.83. The van der Waals surface area contributed by atoms with Gasteiger partial charge in [-0.05, 0) is 24.6 Å². The van der Waals surface area contributed by atoms with Crippen LogP contribution in [0.25, 0.3) is 0 Å². The van der Waals surface area contributed by atoms with Gasteiger partial charge >= 0.3 is 6.18 Å². The molecule has 18 heavy (non-hydrogen) atoms. The van der Waals surface area contributed by atoms with Crippen LogP contribution in [0.1, 0.15) is 22.3 Å². The predicted octanol–water partition coefficient (Wildman–Crippen LogP) is 2.98. The van der Waals surface area contributed by atoms with Crippen LogP contribution >= 0.6 is 0 Å². The molecule has 1 aromatic carbocycles. The van der Waals surface area contributed by atoms with E-state index in [9.17, 15) is 31.5 Å². The highest BCUT2D eigenvalue weighted by atomic mass is 19.4. The molecule has 0 aliphatic heterocycles. The van der Waals surface area contributed by atoms with Gasteiger partial charge in [0.15, 0.2) is 5.78 Å². The predicted molar refractivity (Wildman–Crippen MR) is 51.1 cm³/mol. The first kappa shape index (κ1) is 14.3. The molecule has 7 heteroatoms. The molecule has 0 bridgehead atoms. The molecule has 0 spiro atoms. The molecule has 0 aliphatic rings. The number of hydrogen-bond donors (Lipinski definition) is 0. The summed E-state index contributed by atoms with van der Waals surface area (Å²) in [5, 5.41) is 0. The second-order valence-electron chi connectivity index (χ2n) is 3.60. The average Bonchev–Trinajstić information content (AvgIpc) is 2.21. The summed E-state index contributed by atoms with van der Waals surface area (Å²) in [4.78, 5) is 21.8. The number of alkyl halides is 3. The van der Waals surface area contributed by atoms with E-state index < -0.39 is 41.4 Å². The van der Waals surface area contributed by atoms with Gasteiger partial charge in [-0.25, -0.2) is 8.78 Å². The van der Waals surface area contributed by atoms with Crippen molar-refractivity contribution in [3.8, 4) is 0 Å². The third-order valence-electron chi connectivity index (χ3n) is 2.19. The molecule has 0 N–H and O–H groups in total. The molecule has 0 aromatic heterocycles. The normalized spacial score (nSPS) is 11.4. The van der Waals surface area contributed by atoms with Crippen LogP contribution in [0.4, 0.5) is 22.0 Å². The number of carbonyl (C=O) groups excluding carboxylic acids is 2. The van der Waals surface area contributed by atoms with Crippen LogP contribution in [-0.2, 0) is 4.79 Å². The van der Waals surface area contributed by atoms with Crippen molar-refractivity contribution in [3.63, 3.8) is 0 Å². The highest BCUT2D eigenvalue weighted by molar-refractivity contribution is 6.09. The minimum absolute atomic E-state index is 0.0915. The molecule has 0 heterocycles. The van der Waals surface area contributed by atoms with Crippen molar-refractivity contribution in [1.82, 2.24) is 0 Å². The molecule has 1 aromatic rings. The van der Waals surface area contributed by atoms with Gasteiger partial charge < -0.3 is 0 Å². The first-order chi connectivity index (χ1) is 8.12. The van der Waals surface area contributed by atoms with Crippen molar-refractivity contribution in [2.24, 2.45) is 0 Å². The lowest BCUT2D eigenvalue weighted by Gasteiger charge is -2.06. The number of benzene rings is 1. The number of hydrogen-bond acceptors (Lipinski definition) is 2. The van der Waals surface area contributed by atoms with Crippen LogP contribution in [0.5, 0.6) is 0 Å². The fraction of sp³-hybridized carbons (Fsp3) is 0.273. The lowest BCUT2D eigenvalue weighted by atomic mass is 10.0. The number of aryl methyl sites for hydroxylation is 1. The second-order valence-corrected chi connectivity index (χ2v) is 3.60. The first-order valence-electron chi connectivity index (χ1n) is 4.71. The van der Waals surface area contributed by atoms with Crippen molar-refractivity contribution >= 4 is 11.6 Å². The lowest BCUT2D eigenvalue weighted by Crippen LogP contribution is -2.25. The van der Waals surface area contributed by atoms with Gasteiger partial charge in [0.05, 0.1) is 12.0 Å². The fourth-order valence-electron chi connectivity index (χ4n) is 1.20. The standard InChI is InChI=1S/C11H7F5O2/c1-5-2-8(13)6(3-7(5)12)9(17)4-10(18)11(14,15)16/h2-3H,4H2,1H3. The molecule has 0 saturated heterocycles. The Labute approximate surface area is 98.4 Å². The van der Waals surface area contributed by atoms with Gasteiger partial charge in [-0.2, -0.15) is 13.2 Å². The van der Waals surface area contributed by atoms with Gasteiger partial charge in [-0.15, -0.1) is 0 Å². The zero-order valence-corrected chi connectivity index (χ0v) is 9.07. The van der Waals surface area contributed by atoms with Gasteiger partial charge in [-0.3, -0.25) is 9.59 Å². The molecule has 0 radical (unpaired) electrons. The SMILES string of the molecule is Cc1cc(F)c(C(=O)CC(=O)C(F)(F)F)cc1F. The Balaban J connectivity index is 2.99. The van der Waals surface area contributed by atoms with Crippen LogP contribution in [-0.4, -0.2) is 17.7 Å². The zero-order valence-electron chi connectivity index (χ0n) is 9.07. The molecule has 1 rings (SSSR count). The maximum Gasteiger partial charge on any atom is 0.450 e. The molecule has 0 atom stereocenters. The van der Waals surface area contributed by atoms with E-state index in [0.29, 0.717) is 12.1 Å². The Morgan fingerprint density at radius 2 is 1.67 bits per heavy atom. The minimum Gasteiger partial charge on any atom is -0.294 e. The van der Waals surface area contributed by atoms with Crippen LogP contribution in [0.3, 0.4) is 0 Å². The number of ketones is 2. The summed E-state index contributed by atoms with van der Waals surface area (Å²) in [5.74, 6) is -5.80. The third-order valence-corrected chi connectivity index (χ3v) is 2.19. The van der Waals surface area contributed by atoms with Crippen molar-refractivity contribution in [2.75, 3.05) is 0 Å². The van der Waals surface area contributed by atoms with Gasteiger partial charge in [0.25, 0.3) is 0 Å². The molecule has 98 valence electrons. The first-order valence-corrected chi connectivity index (χ1v) is 4.71. The molecule has 0 amide bonds. The lowest BCUT2D eigenvalue weighted by molar-refractivity contribution is -0.170. The summed E-state index contributed by atoms with van der Waals surface area (Å²) >= 11 is 0. The van der Waals surface area contributed by atoms with Crippen molar-refractivity contribution in [3.05, 3.63) is 34.9 Å². The van der Waals surface area contributed by atoms with E-state index in [4.69, 9.17) is 0 Å². The molecule has 0 unspecified atom stereocenters. The smallest absolute Gasteiger partial charge is 0.294 e. The van der Waals surface area contributed by atoms with E-state index in [0.717, 1.165) is 0 Å². The number of rotatable bonds is 3. The van der Waals surface area contributed by atoms with Crippen molar-refractivity contribution in [1.29, 1.82) is 0 Å². The summed E-state index contributed by atoms with van der Waals surface area (Å²) in [6.45, 7) is 1.23. The quantitative estimate of drug-likeness (QED) is 0.479. The third kappa shape index (κ3) is 3.12. The van der Waals surface area contributed by atoms with Crippen molar-refractivity contribution < 1.29 is 31.5 Å². The van der Waals surface area contributed by atoms with Crippen LogP contribution in [0, 0.1) is 18.6 Å². The van der Waals surface area contributed by atoms with Crippen LogP contribution < -0.4 is 0 Å². The largest absolute Gasteiger partial charge is 0.450 e. The summed E-state index contributed by atoms with van der Waals surface area (Å²) in [6, 6.07) is 1.16. The van der Waals surface area contributed by atoms with E-state index in [1.54, 1.807) is 0 Å². The van der Waals surface area contributed by atoms with E-state index in [2.05, 4.69) is 0 Å². The minimum atomic E-state index is -5.17. The van der Waals surface area contributed by atoms with E-state index in [-0.39, 0.29) is 5.56 Å². The van der Waals surface area contributed by atoms with Gasteiger partial charge in [0.2, 0.25) is 5.78 Å². The average molecular weight is 266 g/mol. The maximum atomic E-state index is 13.2. The number of Topliss-reactive ketones (excluding diaryl/α,β-unsaturated/α-hetero) is 2. The summed E-state index contributed by atoms with van der Waals surface area (Å²) in [5.41, 5.74) is -0.957. The topological polar surface area (TPSA) is 34.1 Å². The van der Waals surface area contributed by atoms with Crippen LogP contribution in [0.2, 0.25) is 0 Å². The molecule has 0 aliphatic carbocycles. The summed E-state index contributed by atoms with van der Waals surface area (Å²) < 4.78 is 62.0. The number of halogens is 5. The van der Waals surface area contributed by atoms with E-state index in [1.807, 2.05) is 0 Å². The Hall–Kier alpha value is -1.79. The van der Waals surface area contributed by atoms with E-state index in [1.165, 1.54) is 6.92 Å². The molecule has 2 nitrogen and oxygen atoms in total. The molecular formula is C11H7F5O2. The van der Waals surface area contributed by atoms with Gasteiger partial charge in [0, 0.05) is 0 Å². The summed E-state index contributed by atoms with van der Waals surface area (Å²) in [7, 11) is 0. The Morgan fingerprint density at radius 3 is 2.17 bits per heavy atom. The summed E-state index contributed by atoms with van der Waals surface area (Å²) in [6.07, 6.45) is -6.71. The Bertz CT molecular complexity index is 505. The Kier molecular flexibility index (Phi) is 3.83. The van der Waals surface area contributed by atoms with Gasteiger partial charge in [0.1, 0.15) is 11.6 Å². The van der Waals surface area contributed by atoms with Crippen molar-refractivity contribution in [2.45, 2.75) is 19.5 Å². The monoisotopic (exact) mass is 266 g/mol. The van der Waals surface area contributed by atoms with Crippen LogP contribution in [0.15, 0.2) is 12.1 Å². The Morgan fingerprint density at radius 1 is 1.11 bits per heavy atom. The fourth-order valence-corrected chi connectivity index (χ4v) is 1.20. The molecule has 0 fully saturated rings. The molecule has 0 saturated carbocycles. The maximum absolute atomic E-state index is 13.2.